The zero-order valence-electron chi connectivity index (χ0n) is 12.1. The summed E-state index contributed by atoms with van der Waals surface area (Å²) < 4.78 is 5.16. The number of methoxy groups -OCH3 is 1. The van der Waals surface area contributed by atoms with Gasteiger partial charge in [0.05, 0.1) is 7.11 Å². The van der Waals surface area contributed by atoms with Gasteiger partial charge in [0.25, 0.3) is 5.91 Å². The summed E-state index contributed by atoms with van der Waals surface area (Å²) in [4.78, 5) is 15.8. The Kier molecular flexibility index (Phi) is 5.50. The van der Waals surface area contributed by atoms with Crippen molar-refractivity contribution in [1.82, 2.24) is 20.0 Å². The number of rotatable bonds is 6. The number of ether oxygens (including phenoxy) is 1. The molecule has 0 bridgehead atoms. The van der Waals surface area contributed by atoms with Crippen LogP contribution in [0.3, 0.4) is 0 Å². The minimum Gasteiger partial charge on any atom is -0.493 e. The van der Waals surface area contributed by atoms with E-state index < -0.39 is 0 Å². The number of likely N-dealkylation sites (N-methyl/N-ethyl adjacent to an activating group) is 2. The first kappa shape index (κ1) is 15.2. The van der Waals surface area contributed by atoms with E-state index in [0.717, 1.165) is 6.54 Å². The van der Waals surface area contributed by atoms with E-state index in [1.165, 1.54) is 7.11 Å². The van der Waals surface area contributed by atoms with Gasteiger partial charge in [0.1, 0.15) is 0 Å². The summed E-state index contributed by atoms with van der Waals surface area (Å²) in [6.07, 6.45) is 0. The number of hydrogen-bond donors (Lipinski definition) is 1. The molecule has 0 radical (unpaired) electrons. The van der Waals surface area contributed by atoms with E-state index in [0.29, 0.717) is 18.1 Å². The number of carbonyl (C=O) groups is 1. The quantitative estimate of drug-likeness (QED) is 0.792. The Morgan fingerprint density at radius 3 is 2.53 bits per heavy atom. The number of carbonyl (C=O) groups excluding carboxylic acids is 1. The molecule has 0 spiro atoms. The zero-order chi connectivity index (χ0) is 14.4. The second-order valence-electron chi connectivity index (χ2n) is 4.43. The molecule has 0 aliphatic rings. The van der Waals surface area contributed by atoms with E-state index in [1.54, 1.807) is 25.1 Å². The molecule has 7 nitrogen and oxygen atoms in total. The number of nitrogens with zero attached hydrogens (tertiary/aromatic N) is 4. The molecule has 1 heterocycles. The number of anilines is 1. The van der Waals surface area contributed by atoms with Gasteiger partial charge in [-0.2, -0.15) is 0 Å². The molecule has 106 valence electrons. The van der Waals surface area contributed by atoms with E-state index in [1.807, 2.05) is 19.0 Å². The maximum atomic E-state index is 12.2. The van der Waals surface area contributed by atoms with Crippen molar-refractivity contribution in [3.05, 3.63) is 11.8 Å². The fourth-order valence-corrected chi connectivity index (χ4v) is 1.45. The monoisotopic (exact) mass is 267 g/mol. The highest BCUT2D eigenvalue weighted by Gasteiger charge is 2.16. The molecule has 0 aromatic carbocycles. The Balaban J connectivity index is 2.81. The van der Waals surface area contributed by atoms with E-state index in [-0.39, 0.29) is 11.6 Å². The normalized spacial score (nSPS) is 10.4. The Morgan fingerprint density at radius 1 is 1.32 bits per heavy atom. The Bertz CT molecular complexity index is 436. The van der Waals surface area contributed by atoms with Crippen LogP contribution in [-0.2, 0) is 0 Å². The standard InChI is InChI=1S/C12H21N5O2/c1-13-11-10(19-5)8-9(14-15-11)12(18)17(4)7-6-16(2)3/h8H,6-7H2,1-5H3,(H,13,15). The highest BCUT2D eigenvalue weighted by Crippen LogP contribution is 2.20. The number of hydrogen-bond acceptors (Lipinski definition) is 6. The minimum absolute atomic E-state index is 0.171. The van der Waals surface area contributed by atoms with Crippen molar-refractivity contribution in [2.75, 3.05) is 53.7 Å². The molecule has 0 saturated heterocycles. The van der Waals surface area contributed by atoms with Crippen LogP contribution in [0.1, 0.15) is 10.5 Å². The van der Waals surface area contributed by atoms with Crippen LogP contribution in [0.25, 0.3) is 0 Å². The first-order valence-corrected chi connectivity index (χ1v) is 5.99. The van der Waals surface area contributed by atoms with Crippen LogP contribution in [0.2, 0.25) is 0 Å². The van der Waals surface area contributed by atoms with Gasteiger partial charge >= 0.3 is 0 Å². The highest BCUT2D eigenvalue weighted by atomic mass is 16.5. The van der Waals surface area contributed by atoms with Crippen LogP contribution in [0.5, 0.6) is 5.75 Å². The molecule has 1 amide bonds. The van der Waals surface area contributed by atoms with E-state index in [9.17, 15) is 4.79 Å². The average molecular weight is 267 g/mol. The van der Waals surface area contributed by atoms with Crippen molar-refractivity contribution < 1.29 is 9.53 Å². The Hall–Kier alpha value is -1.89. The van der Waals surface area contributed by atoms with Crippen molar-refractivity contribution in [2.24, 2.45) is 0 Å². The molecule has 0 unspecified atom stereocenters. The SMILES string of the molecule is CNc1nnc(C(=O)N(C)CCN(C)C)cc1OC. The maximum Gasteiger partial charge on any atom is 0.274 e. The smallest absolute Gasteiger partial charge is 0.274 e. The molecular formula is C12H21N5O2. The summed E-state index contributed by atoms with van der Waals surface area (Å²) in [5, 5.41) is 10.7. The first-order chi connectivity index (χ1) is 8.99. The summed E-state index contributed by atoms with van der Waals surface area (Å²) >= 11 is 0. The average Bonchev–Trinajstić information content (AvgIpc) is 2.42. The molecule has 1 rings (SSSR count). The lowest BCUT2D eigenvalue weighted by Crippen LogP contribution is -2.34. The fourth-order valence-electron chi connectivity index (χ4n) is 1.45. The number of aromatic nitrogens is 2. The van der Waals surface area contributed by atoms with Gasteiger partial charge in [-0.05, 0) is 14.1 Å². The lowest BCUT2D eigenvalue weighted by Gasteiger charge is -2.19. The topological polar surface area (TPSA) is 70.6 Å². The molecule has 1 aromatic heterocycles. The van der Waals surface area contributed by atoms with E-state index in [4.69, 9.17) is 4.74 Å². The van der Waals surface area contributed by atoms with E-state index in [2.05, 4.69) is 15.5 Å². The lowest BCUT2D eigenvalue weighted by atomic mass is 10.3. The van der Waals surface area contributed by atoms with Crippen LogP contribution in [0.15, 0.2) is 6.07 Å². The van der Waals surface area contributed by atoms with Crippen LogP contribution >= 0.6 is 0 Å². The van der Waals surface area contributed by atoms with Crippen molar-refractivity contribution in [1.29, 1.82) is 0 Å². The van der Waals surface area contributed by atoms with Gasteiger partial charge in [0.2, 0.25) is 0 Å². The highest BCUT2D eigenvalue weighted by molar-refractivity contribution is 5.92. The van der Waals surface area contributed by atoms with Crippen molar-refractivity contribution in [2.45, 2.75) is 0 Å². The van der Waals surface area contributed by atoms with Gasteiger partial charge in [-0.3, -0.25) is 4.79 Å². The van der Waals surface area contributed by atoms with Crippen LogP contribution in [-0.4, -0.2) is 74.3 Å². The largest absolute Gasteiger partial charge is 0.493 e. The molecule has 1 aromatic rings. The molecule has 0 aliphatic heterocycles. The van der Waals surface area contributed by atoms with Crippen molar-refractivity contribution >= 4 is 11.7 Å². The van der Waals surface area contributed by atoms with Crippen molar-refractivity contribution in [3.8, 4) is 5.75 Å². The van der Waals surface area contributed by atoms with Gasteiger partial charge in [-0.15, -0.1) is 10.2 Å². The van der Waals surface area contributed by atoms with Crippen LogP contribution in [0, 0.1) is 0 Å². The third-order valence-corrected chi connectivity index (χ3v) is 2.66. The van der Waals surface area contributed by atoms with E-state index >= 15 is 0 Å². The maximum absolute atomic E-state index is 12.2. The molecule has 0 fully saturated rings. The third-order valence-electron chi connectivity index (χ3n) is 2.66. The first-order valence-electron chi connectivity index (χ1n) is 5.99. The van der Waals surface area contributed by atoms with Crippen LogP contribution in [0.4, 0.5) is 5.82 Å². The molecule has 1 N–H and O–H groups in total. The summed E-state index contributed by atoms with van der Waals surface area (Å²) in [6, 6.07) is 1.59. The summed E-state index contributed by atoms with van der Waals surface area (Å²) in [7, 11) is 8.91. The fraction of sp³-hybridized carbons (Fsp3) is 0.583. The minimum atomic E-state index is -0.171. The predicted octanol–water partition coefficient (Wildman–Crippen LogP) is 0.161. The van der Waals surface area contributed by atoms with Gasteiger partial charge in [-0.25, -0.2) is 0 Å². The van der Waals surface area contributed by atoms with Gasteiger partial charge in [0.15, 0.2) is 17.3 Å². The molecule has 7 heteroatoms. The van der Waals surface area contributed by atoms with Crippen LogP contribution < -0.4 is 10.1 Å². The summed E-state index contributed by atoms with van der Waals surface area (Å²) in [5.74, 6) is 0.840. The molecule has 0 aliphatic carbocycles. The predicted molar refractivity (Wildman–Crippen MR) is 73.6 cm³/mol. The molecular weight excluding hydrogens is 246 g/mol. The number of amides is 1. The van der Waals surface area contributed by atoms with Gasteiger partial charge in [-0.1, -0.05) is 0 Å². The van der Waals surface area contributed by atoms with Crippen molar-refractivity contribution in [3.63, 3.8) is 0 Å². The second kappa shape index (κ2) is 6.89. The number of nitrogens with one attached hydrogen (secondary N) is 1. The second-order valence-corrected chi connectivity index (χ2v) is 4.43. The summed E-state index contributed by atoms with van der Waals surface area (Å²) in [5.41, 5.74) is 0.275. The molecule has 0 saturated carbocycles. The molecule has 0 atom stereocenters. The Morgan fingerprint density at radius 2 is 2.00 bits per heavy atom. The van der Waals surface area contributed by atoms with Gasteiger partial charge < -0.3 is 19.9 Å². The summed E-state index contributed by atoms with van der Waals surface area (Å²) in [6.45, 7) is 1.42. The zero-order valence-corrected chi connectivity index (χ0v) is 12.1. The van der Waals surface area contributed by atoms with Gasteiger partial charge in [0, 0.05) is 33.3 Å². The lowest BCUT2D eigenvalue weighted by molar-refractivity contribution is 0.0779. The third kappa shape index (κ3) is 4.06. The Labute approximate surface area is 113 Å². The molecule has 19 heavy (non-hydrogen) atoms.